The largest absolute Gasteiger partial charge is 0.508 e. The number of aromatic hydroxyl groups is 1. The maximum absolute atomic E-state index is 13.0. The van der Waals surface area contributed by atoms with E-state index in [4.69, 9.17) is 0 Å². The topological polar surface area (TPSA) is 60.8 Å². The van der Waals surface area contributed by atoms with Gasteiger partial charge < -0.3 is 15.1 Å². The Morgan fingerprint density at radius 3 is 2.42 bits per heavy atom. The monoisotopic (exact) mass is 419 g/mol. The minimum atomic E-state index is -0.432. The van der Waals surface area contributed by atoms with E-state index in [2.05, 4.69) is 28.1 Å². The molecule has 140 valence electrons. The number of anilines is 1. The molecule has 0 saturated carbocycles. The molecular weight excluding hydrogens is 394 g/mol. The van der Waals surface area contributed by atoms with Crippen LogP contribution in [0.5, 0.6) is 5.75 Å². The third-order valence-corrected chi connectivity index (χ3v) is 4.85. The Bertz CT molecular complexity index is 715. The Balaban J connectivity index is 2.03. The molecule has 0 radical (unpaired) electrons. The van der Waals surface area contributed by atoms with Gasteiger partial charge in [0, 0.05) is 16.2 Å². The van der Waals surface area contributed by atoms with Gasteiger partial charge >= 0.3 is 0 Å². The van der Waals surface area contributed by atoms with Crippen molar-refractivity contribution in [1.29, 1.82) is 0 Å². The summed E-state index contributed by atoms with van der Waals surface area (Å²) in [6.45, 7) is 3.72. The zero-order valence-corrected chi connectivity index (χ0v) is 16.8. The number of hydrogen-bond acceptors (Lipinski definition) is 3. The second-order valence-corrected chi connectivity index (χ2v) is 7.64. The summed E-state index contributed by atoms with van der Waals surface area (Å²) >= 11 is 3.47. The molecule has 4 nitrogen and oxygen atoms in total. The van der Waals surface area contributed by atoms with Crippen LogP contribution in [0.4, 0.5) is 5.69 Å². The van der Waals surface area contributed by atoms with Crippen molar-refractivity contribution >= 4 is 27.5 Å². The second-order valence-electron chi connectivity index (χ2n) is 6.72. The van der Waals surface area contributed by atoms with Crippen molar-refractivity contribution in [2.75, 3.05) is 11.5 Å². The van der Waals surface area contributed by atoms with Crippen LogP contribution in [0.15, 0.2) is 53.0 Å². The number of phenolic OH excluding ortho intramolecular Hbond substituents is 1. The lowest BCUT2D eigenvalue weighted by Crippen LogP contribution is -2.42. The summed E-state index contributed by atoms with van der Waals surface area (Å²) in [5.74, 6) is -0.349. The predicted octanol–water partition coefficient (Wildman–Crippen LogP) is 4.53. The van der Waals surface area contributed by atoms with Gasteiger partial charge in [-0.1, -0.05) is 28.1 Å². The normalized spacial score (nSPS) is 12.2. The molecule has 26 heavy (non-hydrogen) atoms. The van der Waals surface area contributed by atoms with E-state index in [0.29, 0.717) is 6.42 Å². The first-order valence-electron chi connectivity index (χ1n) is 8.89. The van der Waals surface area contributed by atoms with Crippen LogP contribution in [0.2, 0.25) is 0 Å². The number of hydrogen-bond donors (Lipinski definition) is 2. The maximum atomic E-state index is 13.0. The number of rotatable bonds is 8. The molecule has 5 heteroatoms. The third kappa shape index (κ3) is 5.58. The molecule has 1 amide bonds. The van der Waals surface area contributed by atoms with Crippen LogP contribution in [-0.4, -0.2) is 28.8 Å². The molecule has 0 fully saturated rings. The van der Waals surface area contributed by atoms with Crippen LogP contribution in [-0.2, 0) is 11.2 Å². The van der Waals surface area contributed by atoms with Gasteiger partial charge in [0.25, 0.3) is 0 Å². The summed E-state index contributed by atoms with van der Waals surface area (Å²) < 4.78 is 1.04. The van der Waals surface area contributed by atoms with Gasteiger partial charge in [0.15, 0.2) is 0 Å². The summed E-state index contributed by atoms with van der Waals surface area (Å²) in [5, 5.41) is 19.2. The number of carbonyl (C=O) groups is 1. The van der Waals surface area contributed by atoms with Crippen LogP contribution in [0, 0.1) is 5.92 Å². The molecule has 1 atom stereocenters. The van der Waals surface area contributed by atoms with Crippen molar-refractivity contribution in [2.45, 2.75) is 39.2 Å². The number of aliphatic hydroxyl groups is 1. The number of phenols is 1. The van der Waals surface area contributed by atoms with E-state index in [0.717, 1.165) is 23.0 Å². The predicted molar refractivity (Wildman–Crippen MR) is 108 cm³/mol. The first-order valence-corrected chi connectivity index (χ1v) is 9.69. The molecule has 2 N–H and O–H groups in total. The lowest BCUT2D eigenvalue weighted by Gasteiger charge is -2.30. The molecule has 0 heterocycles. The zero-order chi connectivity index (χ0) is 19.1. The van der Waals surface area contributed by atoms with Crippen molar-refractivity contribution in [3.8, 4) is 5.75 Å². The number of benzene rings is 2. The maximum Gasteiger partial charge on any atom is 0.232 e. The van der Waals surface area contributed by atoms with E-state index >= 15 is 0 Å². The molecule has 0 saturated heterocycles. The Hall–Kier alpha value is -1.85. The first kappa shape index (κ1) is 20.5. The molecular formula is C21H26BrNO3. The summed E-state index contributed by atoms with van der Waals surface area (Å²) in [7, 11) is 0. The SMILES string of the molecule is CC(C)N(C(=O)C(CO)CCCc1cccc(Br)c1)c1ccc(O)cc1. The minimum Gasteiger partial charge on any atom is -0.508 e. The van der Waals surface area contributed by atoms with Gasteiger partial charge in [-0.05, 0) is 75.1 Å². The zero-order valence-electron chi connectivity index (χ0n) is 15.2. The van der Waals surface area contributed by atoms with Gasteiger partial charge in [-0.15, -0.1) is 0 Å². The van der Waals surface area contributed by atoms with E-state index in [1.807, 2.05) is 26.0 Å². The molecule has 0 aliphatic rings. The molecule has 1 unspecified atom stereocenters. The highest BCUT2D eigenvalue weighted by Crippen LogP contribution is 2.24. The minimum absolute atomic E-state index is 0.0360. The number of carbonyl (C=O) groups excluding carboxylic acids is 1. The van der Waals surface area contributed by atoms with Crippen LogP contribution in [0.25, 0.3) is 0 Å². The quantitative estimate of drug-likeness (QED) is 0.660. The molecule has 0 aliphatic carbocycles. The fourth-order valence-corrected chi connectivity index (χ4v) is 3.47. The highest BCUT2D eigenvalue weighted by atomic mass is 79.9. The third-order valence-electron chi connectivity index (χ3n) is 4.36. The second kappa shape index (κ2) is 9.74. The number of aryl methyl sites for hydroxylation is 1. The highest BCUT2D eigenvalue weighted by Gasteiger charge is 2.26. The number of halogens is 1. The number of aliphatic hydroxyl groups excluding tert-OH is 1. The Kier molecular flexibility index (Phi) is 7.66. The van der Waals surface area contributed by atoms with Gasteiger partial charge in [0.1, 0.15) is 5.75 Å². The average Bonchev–Trinajstić information content (AvgIpc) is 2.60. The molecule has 0 aromatic heterocycles. The smallest absolute Gasteiger partial charge is 0.232 e. The van der Waals surface area contributed by atoms with Gasteiger partial charge in [0.05, 0.1) is 12.5 Å². The Labute approximate surface area is 163 Å². The van der Waals surface area contributed by atoms with Crippen molar-refractivity contribution < 1.29 is 15.0 Å². The van der Waals surface area contributed by atoms with Gasteiger partial charge in [-0.3, -0.25) is 4.79 Å². The summed E-state index contributed by atoms with van der Waals surface area (Å²) in [4.78, 5) is 14.7. The Morgan fingerprint density at radius 2 is 1.85 bits per heavy atom. The van der Waals surface area contributed by atoms with E-state index < -0.39 is 5.92 Å². The number of amides is 1. The average molecular weight is 420 g/mol. The fraction of sp³-hybridized carbons (Fsp3) is 0.381. The van der Waals surface area contributed by atoms with E-state index in [-0.39, 0.29) is 24.3 Å². The first-order chi connectivity index (χ1) is 12.4. The van der Waals surface area contributed by atoms with Crippen molar-refractivity contribution in [3.63, 3.8) is 0 Å². The molecule has 0 bridgehead atoms. The summed E-state index contributed by atoms with van der Waals surface area (Å²) in [5.41, 5.74) is 1.94. The molecule has 0 aliphatic heterocycles. The van der Waals surface area contributed by atoms with Crippen molar-refractivity contribution in [1.82, 2.24) is 0 Å². The van der Waals surface area contributed by atoms with Crippen LogP contribution < -0.4 is 4.90 Å². The van der Waals surface area contributed by atoms with Gasteiger partial charge in [-0.2, -0.15) is 0 Å². The van der Waals surface area contributed by atoms with Crippen LogP contribution in [0.1, 0.15) is 32.3 Å². The molecule has 0 spiro atoms. The lowest BCUT2D eigenvalue weighted by atomic mass is 9.98. The van der Waals surface area contributed by atoms with Gasteiger partial charge in [-0.25, -0.2) is 0 Å². The highest BCUT2D eigenvalue weighted by molar-refractivity contribution is 9.10. The number of nitrogens with zero attached hydrogens (tertiary/aromatic N) is 1. The fourth-order valence-electron chi connectivity index (χ4n) is 3.03. The van der Waals surface area contributed by atoms with Crippen LogP contribution in [0.3, 0.4) is 0 Å². The van der Waals surface area contributed by atoms with Crippen molar-refractivity contribution in [2.24, 2.45) is 5.92 Å². The van der Waals surface area contributed by atoms with E-state index in [1.165, 1.54) is 5.56 Å². The molecule has 2 rings (SSSR count). The molecule has 2 aromatic carbocycles. The van der Waals surface area contributed by atoms with Crippen LogP contribution >= 0.6 is 15.9 Å². The van der Waals surface area contributed by atoms with Gasteiger partial charge in [0.2, 0.25) is 5.91 Å². The van der Waals surface area contributed by atoms with E-state index in [1.54, 1.807) is 29.2 Å². The Morgan fingerprint density at radius 1 is 1.15 bits per heavy atom. The standard InChI is InChI=1S/C21H26BrNO3/c1-15(2)23(19-9-11-20(25)12-10-19)21(26)17(14-24)7-3-5-16-6-4-8-18(22)13-16/h4,6,8-13,15,17,24-25H,3,5,7,14H2,1-2H3. The summed E-state index contributed by atoms with van der Waals surface area (Å²) in [6.07, 6.45) is 2.32. The lowest BCUT2D eigenvalue weighted by molar-refractivity contribution is -0.124. The molecule has 2 aromatic rings. The summed E-state index contributed by atoms with van der Waals surface area (Å²) in [6, 6.07) is 14.7. The van der Waals surface area contributed by atoms with Crippen molar-refractivity contribution in [3.05, 3.63) is 58.6 Å². The van der Waals surface area contributed by atoms with E-state index in [9.17, 15) is 15.0 Å².